The van der Waals surface area contributed by atoms with Crippen LogP contribution in [0.4, 0.5) is 4.79 Å². The lowest BCUT2D eigenvalue weighted by Gasteiger charge is -2.20. The SMILES string of the molecule is COC(=O)CN(CC(=O)OC)C(=O)CNC(=O)OCc1ccccc1. The molecule has 9 nitrogen and oxygen atoms in total. The quantitative estimate of drug-likeness (QED) is 0.521. The molecule has 136 valence electrons. The third kappa shape index (κ3) is 7.82. The number of ether oxygens (including phenoxy) is 3. The van der Waals surface area contributed by atoms with Gasteiger partial charge in [-0.25, -0.2) is 4.79 Å². The number of rotatable bonds is 8. The van der Waals surface area contributed by atoms with Crippen LogP contribution < -0.4 is 5.32 Å². The van der Waals surface area contributed by atoms with E-state index >= 15 is 0 Å². The Hall–Kier alpha value is -3.10. The Kier molecular flexibility index (Phi) is 8.48. The van der Waals surface area contributed by atoms with Gasteiger partial charge in [-0.05, 0) is 5.56 Å². The van der Waals surface area contributed by atoms with Crippen molar-refractivity contribution < 1.29 is 33.4 Å². The Balaban J connectivity index is 2.47. The minimum Gasteiger partial charge on any atom is -0.468 e. The van der Waals surface area contributed by atoms with Crippen molar-refractivity contribution in [3.8, 4) is 0 Å². The van der Waals surface area contributed by atoms with Gasteiger partial charge in [-0.3, -0.25) is 14.4 Å². The first-order valence-corrected chi connectivity index (χ1v) is 7.32. The number of amides is 2. The van der Waals surface area contributed by atoms with Crippen LogP contribution in [0.15, 0.2) is 30.3 Å². The highest BCUT2D eigenvalue weighted by molar-refractivity contribution is 5.88. The average Bonchev–Trinajstić information content (AvgIpc) is 2.64. The highest BCUT2D eigenvalue weighted by Crippen LogP contribution is 2.00. The Bertz CT molecular complexity index is 586. The molecule has 0 saturated carbocycles. The summed E-state index contributed by atoms with van der Waals surface area (Å²) in [5.74, 6) is -2.07. The van der Waals surface area contributed by atoms with Crippen LogP contribution in [0.1, 0.15) is 5.56 Å². The lowest BCUT2D eigenvalue weighted by molar-refractivity contribution is -0.151. The Morgan fingerprint density at radius 2 is 1.52 bits per heavy atom. The van der Waals surface area contributed by atoms with E-state index in [-0.39, 0.29) is 6.61 Å². The third-order valence-electron chi connectivity index (χ3n) is 3.04. The van der Waals surface area contributed by atoms with Crippen molar-refractivity contribution in [2.75, 3.05) is 33.9 Å². The van der Waals surface area contributed by atoms with E-state index < -0.39 is 43.6 Å². The first kappa shape index (κ1) is 19.9. The number of hydrogen-bond acceptors (Lipinski definition) is 7. The van der Waals surface area contributed by atoms with E-state index in [4.69, 9.17) is 4.74 Å². The van der Waals surface area contributed by atoms with Crippen molar-refractivity contribution in [2.24, 2.45) is 0 Å². The van der Waals surface area contributed by atoms with Crippen molar-refractivity contribution >= 4 is 23.9 Å². The predicted octanol–water partition coefficient (Wildman–Crippen LogP) is 0.0874. The fourth-order valence-corrected chi connectivity index (χ4v) is 1.71. The summed E-state index contributed by atoms with van der Waals surface area (Å²) in [5.41, 5.74) is 0.794. The molecule has 0 radical (unpaired) electrons. The predicted molar refractivity (Wildman–Crippen MR) is 85.2 cm³/mol. The zero-order valence-corrected chi connectivity index (χ0v) is 14.0. The summed E-state index contributed by atoms with van der Waals surface area (Å²) in [5, 5.41) is 2.26. The molecule has 0 unspecified atom stereocenters. The molecule has 25 heavy (non-hydrogen) atoms. The minimum atomic E-state index is -0.798. The standard InChI is InChI=1S/C16H20N2O7/c1-23-14(20)9-18(10-15(21)24-2)13(19)8-17-16(22)25-11-12-6-4-3-5-7-12/h3-7H,8-11H2,1-2H3,(H,17,22). The van der Waals surface area contributed by atoms with Gasteiger partial charge in [0.1, 0.15) is 26.2 Å². The van der Waals surface area contributed by atoms with E-state index in [0.717, 1.165) is 24.7 Å². The van der Waals surface area contributed by atoms with E-state index in [1.54, 1.807) is 24.3 Å². The van der Waals surface area contributed by atoms with Gasteiger partial charge in [0.05, 0.1) is 14.2 Å². The molecule has 0 spiro atoms. The maximum Gasteiger partial charge on any atom is 0.407 e. The second kappa shape index (κ2) is 10.6. The van der Waals surface area contributed by atoms with Crippen LogP contribution in [0, 0.1) is 0 Å². The van der Waals surface area contributed by atoms with Gasteiger partial charge in [0, 0.05) is 0 Å². The smallest absolute Gasteiger partial charge is 0.407 e. The molecule has 1 N–H and O–H groups in total. The van der Waals surface area contributed by atoms with Crippen LogP contribution in [0.3, 0.4) is 0 Å². The molecule has 0 aromatic heterocycles. The van der Waals surface area contributed by atoms with Gasteiger partial charge in [-0.15, -0.1) is 0 Å². The van der Waals surface area contributed by atoms with Gasteiger partial charge in [0.25, 0.3) is 0 Å². The normalized spacial score (nSPS) is 9.68. The molecule has 2 amide bonds. The maximum absolute atomic E-state index is 12.1. The second-order valence-corrected chi connectivity index (χ2v) is 4.82. The first-order valence-electron chi connectivity index (χ1n) is 7.32. The summed E-state index contributed by atoms with van der Waals surface area (Å²) in [6, 6.07) is 9.01. The summed E-state index contributed by atoms with van der Waals surface area (Å²) in [6.07, 6.45) is -0.798. The Morgan fingerprint density at radius 1 is 0.960 bits per heavy atom. The van der Waals surface area contributed by atoms with Gasteiger partial charge < -0.3 is 24.4 Å². The number of carbonyl (C=O) groups is 4. The average molecular weight is 352 g/mol. The summed E-state index contributed by atoms with van der Waals surface area (Å²) in [6.45, 7) is -1.27. The van der Waals surface area contributed by atoms with Crippen LogP contribution in [0.5, 0.6) is 0 Å². The molecule has 0 aliphatic carbocycles. The zero-order chi connectivity index (χ0) is 18.7. The van der Waals surface area contributed by atoms with Crippen LogP contribution in [0.25, 0.3) is 0 Å². The van der Waals surface area contributed by atoms with E-state index in [9.17, 15) is 19.2 Å². The number of esters is 2. The highest BCUT2D eigenvalue weighted by Gasteiger charge is 2.21. The fraction of sp³-hybridized carbons (Fsp3) is 0.375. The molecular formula is C16H20N2O7. The van der Waals surface area contributed by atoms with Crippen LogP contribution in [-0.4, -0.2) is 62.7 Å². The molecule has 0 aliphatic rings. The van der Waals surface area contributed by atoms with Gasteiger partial charge in [0.2, 0.25) is 5.91 Å². The van der Waals surface area contributed by atoms with E-state index in [2.05, 4.69) is 14.8 Å². The van der Waals surface area contributed by atoms with Gasteiger partial charge in [-0.2, -0.15) is 0 Å². The van der Waals surface area contributed by atoms with Crippen molar-refractivity contribution in [3.05, 3.63) is 35.9 Å². The lowest BCUT2D eigenvalue weighted by Crippen LogP contribution is -2.45. The molecule has 9 heteroatoms. The van der Waals surface area contributed by atoms with Gasteiger partial charge in [0.15, 0.2) is 0 Å². The number of nitrogens with zero attached hydrogens (tertiary/aromatic N) is 1. The van der Waals surface area contributed by atoms with E-state index in [1.165, 1.54) is 0 Å². The number of carbonyl (C=O) groups excluding carboxylic acids is 4. The first-order chi connectivity index (χ1) is 12.0. The van der Waals surface area contributed by atoms with Crippen molar-refractivity contribution in [1.29, 1.82) is 0 Å². The highest BCUT2D eigenvalue weighted by atomic mass is 16.5. The fourth-order valence-electron chi connectivity index (χ4n) is 1.71. The summed E-state index contributed by atoms with van der Waals surface area (Å²) >= 11 is 0. The number of nitrogens with one attached hydrogen (secondary N) is 1. The van der Waals surface area contributed by atoms with Gasteiger partial charge >= 0.3 is 18.0 Å². The molecule has 0 atom stereocenters. The Labute approximate surface area is 144 Å². The number of methoxy groups -OCH3 is 2. The molecule has 1 rings (SSSR count). The molecule has 0 bridgehead atoms. The van der Waals surface area contributed by atoms with Crippen LogP contribution in [0.2, 0.25) is 0 Å². The summed E-state index contributed by atoms with van der Waals surface area (Å²) in [7, 11) is 2.31. The van der Waals surface area contributed by atoms with Crippen LogP contribution >= 0.6 is 0 Å². The van der Waals surface area contributed by atoms with Gasteiger partial charge in [-0.1, -0.05) is 30.3 Å². The molecule has 0 fully saturated rings. The lowest BCUT2D eigenvalue weighted by atomic mass is 10.2. The minimum absolute atomic E-state index is 0.0505. The third-order valence-corrected chi connectivity index (χ3v) is 3.04. The largest absolute Gasteiger partial charge is 0.468 e. The van der Waals surface area contributed by atoms with Crippen molar-refractivity contribution in [3.63, 3.8) is 0 Å². The zero-order valence-electron chi connectivity index (χ0n) is 14.0. The van der Waals surface area contributed by atoms with Crippen molar-refractivity contribution in [2.45, 2.75) is 6.61 Å². The number of benzene rings is 1. The molecule has 0 heterocycles. The number of alkyl carbamates (subject to hydrolysis) is 1. The topological polar surface area (TPSA) is 111 Å². The summed E-state index contributed by atoms with van der Waals surface area (Å²) < 4.78 is 13.9. The molecular weight excluding hydrogens is 332 g/mol. The molecule has 1 aromatic carbocycles. The maximum atomic E-state index is 12.1. The Morgan fingerprint density at radius 3 is 2.04 bits per heavy atom. The molecule has 0 aliphatic heterocycles. The number of hydrogen-bond donors (Lipinski definition) is 1. The summed E-state index contributed by atoms with van der Waals surface area (Å²) in [4.78, 5) is 47.2. The molecule has 1 aromatic rings. The monoisotopic (exact) mass is 352 g/mol. The molecule has 0 saturated heterocycles. The second-order valence-electron chi connectivity index (χ2n) is 4.82. The van der Waals surface area contributed by atoms with E-state index in [1.807, 2.05) is 6.07 Å². The van der Waals surface area contributed by atoms with E-state index in [0.29, 0.717) is 0 Å². The van der Waals surface area contributed by atoms with Crippen molar-refractivity contribution in [1.82, 2.24) is 10.2 Å². The van der Waals surface area contributed by atoms with Crippen LogP contribution in [-0.2, 0) is 35.2 Å².